The molecule has 2 aromatic carbocycles. The molecule has 3 rings (SSSR count). The number of hydrogen-bond acceptors (Lipinski definition) is 4. The van der Waals surface area contributed by atoms with Gasteiger partial charge in [0.05, 0.1) is 17.6 Å². The molecule has 0 fully saturated rings. The molecule has 0 aliphatic carbocycles. The van der Waals surface area contributed by atoms with Gasteiger partial charge in [-0.15, -0.1) is 0 Å². The summed E-state index contributed by atoms with van der Waals surface area (Å²) in [5.41, 5.74) is 9.27. The summed E-state index contributed by atoms with van der Waals surface area (Å²) in [6.07, 6.45) is 3.15. The van der Waals surface area contributed by atoms with Gasteiger partial charge in [0.15, 0.2) is 0 Å². The minimum atomic E-state index is -0.331. The zero-order valence-electron chi connectivity index (χ0n) is 15.9. The normalized spacial score (nSPS) is 14.4. The third-order valence-corrected chi connectivity index (χ3v) is 5.10. The summed E-state index contributed by atoms with van der Waals surface area (Å²) in [6.45, 7) is 3.90. The molecule has 0 bridgehead atoms. The number of rotatable bonds is 6. The van der Waals surface area contributed by atoms with E-state index < -0.39 is 0 Å². The molecule has 0 radical (unpaired) electrons. The van der Waals surface area contributed by atoms with Gasteiger partial charge in [0.25, 0.3) is 0 Å². The van der Waals surface area contributed by atoms with Crippen molar-refractivity contribution >= 4 is 5.91 Å². The summed E-state index contributed by atoms with van der Waals surface area (Å²) in [6, 6.07) is 17.3. The van der Waals surface area contributed by atoms with E-state index >= 15 is 0 Å². The summed E-state index contributed by atoms with van der Waals surface area (Å²) < 4.78 is 1.70. The Balaban J connectivity index is 1.70. The van der Waals surface area contributed by atoms with E-state index in [1.807, 2.05) is 75.5 Å². The summed E-state index contributed by atoms with van der Waals surface area (Å²) in [7, 11) is 1.83. The third kappa shape index (κ3) is 4.06. The van der Waals surface area contributed by atoms with E-state index in [1.165, 1.54) is 6.33 Å². The van der Waals surface area contributed by atoms with Crippen LogP contribution in [0.3, 0.4) is 0 Å². The van der Waals surface area contributed by atoms with Gasteiger partial charge in [0, 0.05) is 13.1 Å². The van der Waals surface area contributed by atoms with Gasteiger partial charge < -0.3 is 10.6 Å². The van der Waals surface area contributed by atoms with E-state index in [2.05, 4.69) is 10.1 Å². The maximum absolute atomic E-state index is 12.9. The Hall–Kier alpha value is -2.99. The predicted molar refractivity (Wildman–Crippen MR) is 105 cm³/mol. The second kappa shape index (κ2) is 8.14. The van der Waals surface area contributed by atoms with Gasteiger partial charge in [-0.05, 0) is 30.2 Å². The highest BCUT2D eigenvalue weighted by Crippen LogP contribution is 2.26. The quantitative estimate of drug-likeness (QED) is 0.730. The Morgan fingerprint density at radius 2 is 1.70 bits per heavy atom. The molecule has 0 aliphatic heterocycles. The Morgan fingerprint density at radius 1 is 1.04 bits per heavy atom. The minimum Gasteiger partial charge on any atom is -0.339 e. The van der Waals surface area contributed by atoms with Gasteiger partial charge in [-0.3, -0.25) is 4.79 Å². The largest absolute Gasteiger partial charge is 0.339 e. The van der Waals surface area contributed by atoms with Crippen molar-refractivity contribution in [1.29, 1.82) is 0 Å². The van der Waals surface area contributed by atoms with Crippen LogP contribution >= 0.6 is 0 Å². The van der Waals surface area contributed by atoms with Gasteiger partial charge in [0.2, 0.25) is 5.91 Å². The van der Waals surface area contributed by atoms with E-state index in [-0.39, 0.29) is 23.9 Å². The molecule has 3 atom stereocenters. The molecule has 0 spiro atoms. The minimum absolute atomic E-state index is 0.0270. The van der Waals surface area contributed by atoms with Gasteiger partial charge in [-0.2, -0.15) is 5.10 Å². The molecular formula is C21H25N5O. The number of benzene rings is 2. The van der Waals surface area contributed by atoms with Crippen molar-refractivity contribution in [2.45, 2.75) is 25.9 Å². The Kier molecular flexibility index (Phi) is 5.66. The monoisotopic (exact) mass is 363 g/mol. The van der Waals surface area contributed by atoms with Gasteiger partial charge in [0.1, 0.15) is 12.7 Å². The summed E-state index contributed by atoms with van der Waals surface area (Å²) in [4.78, 5) is 18.7. The Labute approximate surface area is 159 Å². The second-order valence-electron chi connectivity index (χ2n) is 6.78. The topological polar surface area (TPSA) is 77.0 Å². The summed E-state index contributed by atoms with van der Waals surface area (Å²) in [5.74, 6) is -0.284. The average Bonchev–Trinajstić information content (AvgIpc) is 3.26. The van der Waals surface area contributed by atoms with E-state index in [4.69, 9.17) is 5.73 Å². The predicted octanol–water partition coefficient (Wildman–Crippen LogP) is 3.12. The third-order valence-electron chi connectivity index (χ3n) is 5.10. The smallest absolute Gasteiger partial charge is 0.227 e. The first-order valence-corrected chi connectivity index (χ1v) is 9.01. The van der Waals surface area contributed by atoms with Crippen LogP contribution < -0.4 is 5.73 Å². The van der Waals surface area contributed by atoms with Crippen LogP contribution in [-0.2, 0) is 4.79 Å². The maximum atomic E-state index is 12.9. The van der Waals surface area contributed by atoms with E-state index in [0.717, 1.165) is 16.8 Å². The summed E-state index contributed by atoms with van der Waals surface area (Å²) >= 11 is 0. The van der Waals surface area contributed by atoms with E-state index in [9.17, 15) is 4.79 Å². The van der Waals surface area contributed by atoms with Crippen LogP contribution in [0.15, 0.2) is 67.3 Å². The van der Waals surface area contributed by atoms with Gasteiger partial charge in [-0.25, -0.2) is 9.67 Å². The molecule has 1 aromatic heterocycles. The van der Waals surface area contributed by atoms with Crippen molar-refractivity contribution in [3.8, 4) is 5.69 Å². The lowest BCUT2D eigenvalue weighted by atomic mass is 9.93. The molecule has 6 heteroatoms. The second-order valence-corrected chi connectivity index (χ2v) is 6.78. The van der Waals surface area contributed by atoms with Crippen LogP contribution in [0.1, 0.15) is 37.1 Å². The van der Waals surface area contributed by atoms with Crippen molar-refractivity contribution < 1.29 is 4.79 Å². The Morgan fingerprint density at radius 3 is 2.30 bits per heavy atom. The molecule has 27 heavy (non-hydrogen) atoms. The number of amides is 1. The first-order valence-electron chi connectivity index (χ1n) is 9.01. The Bertz CT molecular complexity index is 861. The molecule has 3 unspecified atom stereocenters. The fraction of sp³-hybridized carbons (Fsp3) is 0.286. The number of nitrogens with two attached hydrogens (primary N) is 1. The van der Waals surface area contributed by atoms with Crippen molar-refractivity contribution in [3.63, 3.8) is 0 Å². The highest BCUT2D eigenvalue weighted by Gasteiger charge is 2.27. The average molecular weight is 363 g/mol. The van der Waals surface area contributed by atoms with E-state index in [0.29, 0.717) is 0 Å². The lowest BCUT2D eigenvalue weighted by Crippen LogP contribution is -2.38. The van der Waals surface area contributed by atoms with Crippen molar-refractivity contribution in [2.75, 3.05) is 7.05 Å². The zero-order valence-corrected chi connectivity index (χ0v) is 15.9. The van der Waals surface area contributed by atoms with Gasteiger partial charge in [-0.1, -0.05) is 49.4 Å². The molecule has 2 N–H and O–H groups in total. The highest BCUT2D eigenvalue weighted by atomic mass is 16.2. The van der Waals surface area contributed by atoms with Crippen molar-refractivity contribution in [1.82, 2.24) is 19.7 Å². The standard InChI is InChI=1S/C21H25N5O/c1-15(20(22)18-7-5-4-6-8-18)21(27)25(3)16(2)17-9-11-19(12-10-17)26-14-23-13-24-26/h4-16,20H,22H2,1-3H3. The fourth-order valence-electron chi connectivity index (χ4n) is 3.10. The maximum Gasteiger partial charge on any atom is 0.227 e. The molecule has 0 aliphatic rings. The number of hydrogen-bond donors (Lipinski definition) is 1. The van der Waals surface area contributed by atoms with E-state index in [1.54, 1.807) is 15.9 Å². The number of carbonyl (C=O) groups excluding carboxylic acids is 1. The lowest BCUT2D eigenvalue weighted by Gasteiger charge is -2.30. The van der Waals surface area contributed by atoms with Crippen LogP contribution in [0, 0.1) is 5.92 Å². The molecular weight excluding hydrogens is 338 g/mol. The fourth-order valence-corrected chi connectivity index (χ4v) is 3.10. The molecule has 1 amide bonds. The molecule has 0 saturated heterocycles. The number of nitrogens with zero attached hydrogens (tertiary/aromatic N) is 4. The highest BCUT2D eigenvalue weighted by molar-refractivity contribution is 5.79. The van der Waals surface area contributed by atoms with Crippen LogP contribution in [-0.4, -0.2) is 32.6 Å². The lowest BCUT2D eigenvalue weighted by molar-refractivity contribution is -0.136. The van der Waals surface area contributed by atoms with Crippen molar-refractivity contribution in [2.24, 2.45) is 11.7 Å². The van der Waals surface area contributed by atoms with Crippen LogP contribution in [0.5, 0.6) is 0 Å². The SMILES string of the molecule is CC(C(=O)N(C)C(C)c1ccc(-n2cncn2)cc1)C(N)c1ccccc1. The first-order chi connectivity index (χ1) is 13.0. The van der Waals surface area contributed by atoms with Crippen LogP contribution in [0.2, 0.25) is 0 Å². The molecule has 140 valence electrons. The van der Waals surface area contributed by atoms with Crippen molar-refractivity contribution in [3.05, 3.63) is 78.4 Å². The molecule has 3 aromatic rings. The number of carbonyl (C=O) groups is 1. The van der Waals surface area contributed by atoms with Crippen LogP contribution in [0.25, 0.3) is 5.69 Å². The van der Waals surface area contributed by atoms with Crippen LogP contribution in [0.4, 0.5) is 0 Å². The summed E-state index contributed by atoms with van der Waals surface area (Å²) in [5, 5.41) is 4.12. The molecule has 6 nitrogen and oxygen atoms in total. The number of aromatic nitrogens is 3. The molecule has 0 saturated carbocycles. The molecule has 1 heterocycles. The first kappa shape index (κ1) is 18.8. The zero-order chi connectivity index (χ0) is 19.4. The van der Waals surface area contributed by atoms with Gasteiger partial charge >= 0.3 is 0 Å².